The lowest BCUT2D eigenvalue weighted by Gasteiger charge is -2.36. The van der Waals surface area contributed by atoms with Crippen molar-refractivity contribution >= 4 is 0 Å². The van der Waals surface area contributed by atoms with Gasteiger partial charge in [-0.2, -0.15) is 0 Å². The predicted octanol–water partition coefficient (Wildman–Crippen LogP) is -2.15. The van der Waals surface area contributed by atoms with E-state index in [0.29, 0.717) is 0 Å². The molecule has 1 saturated heterocycles. The quantitative estimate of drug-likeness (QED) is 0.372. The van der Waals surface area contributed by atoms with Gasteiger partial charge in [0, 0.05) is 12.5 Å². The smallest absolute Gasteiger partial charge is 0.121 e. The van der Waals surface area contributed by atoms with Crippen molar-refractivity contribution in [1.29, 1.82) is 0 Å². The summed E-state index contributed by atoms with van der Waals surface area (Å²) in [5.41, 5.74) is -1.38. The first-order valence-corrected chi connectivity index (χ1v) is 4.41. The Balaban J connectivity index is 2.16. The molecule has 0 bridgehead atoms. The monoisotopic (exact) mass is 190 g/mol. The molecular weight excluding hydrogens is 176 g/mol. The van der Waals surface area contributed by atoms with Crippen LogP contribution in [0.3, 0.4) is 0 Å². The molecule has 5 heteroatoms. The fraction of sp³-hybridized carbons (Fsp3) is 1.00. The van der Waals surface area contributed by atoms with E-state index in [2.05, 4.69) is 0 Å². The maximum absolute atomic E-state index is 9.92. The van der Waals surface area contributed by atoms with Gasteiger partial charge in [0.1, 0.15) is 17.8 Å². The van der Waals surface area contributed by atoms with Crippen LogP contribution in [0.2, 0.25) is 0 Å². The van der Waals surface area contributed by atoms with Gasteiger partial charge in [0.15, 0.2) is 0 Å². The van der Waals surface area contributed by atoms with Gasteiger partial charge in [-0.25, -0.2) is 0 Å². The lowest BCUT2D eigenvalue weighted by atomic mass is 9.75. The second kappa shape index (κ2) is 2.90. The van der Waals surface area contributed by atoms with Crippen molar-refractivity contribution < 1.29 is 25.2 Å². The van der Waals surface area contributed by atoms with Crippen molar-refractivity contribution in [3.63, 3.8) is 0 Å². The zero-order valence-corrected chi connectivity index (χ0v) is 7.13. The summed E-state index contributed by atoms with van der Waals surface area (Å²) in [6.45, 7) is -0.688. The van der Waals surface area contributed by atoms with Crippen LogP contribution in [0, 0.1) is 5.92 Å². The Morgan fingerprint density at radius 3 is 2.62 bits per heavy atom. The van der Waals surface area contributed by atoms with Gasteiger partial charge >= 0.3 is 0 Å². The third-order valence-corrected chi connectivity index (χ3v) is 3.10. The number of fused-ring (bicyclic) bond motifs is 1. The van der Waals surface area contributed by atoms with E-state index in [9.17, 15) is 10.2 Å². The highest BCUT2D eigenvalue weighted by molar-refractivity contribution is 5.12. The van der Waals surface area contributed by atoms with Crippen LogP contribution in [0.1, 0.15) is 6.42 Å². The second-order valence-corrected chi connectivity index (χ2v) is 3.85. The molecule has 0 aromatic rings. The SMILES string of the molecule is OC[C@@H]1C[C@@H](O)[C@H]2O[C@H]2[C@]1(O)CO. The normalized spacial score (nSPS) is 54.5. The summed E-state index contributed by atoms with van der Waals surface area (Å²) in [5.74, 6) is -0.503. The first kappa shape index (κ1) is 9.36. The molecule has 0 spiro atoms. The number of hydrogen-bond donors (Lipinski definition) is 4. The highest BCUT2D eigenvalue weighted by Gasteiger charge is 2.63. The number of aliphatic hydroxyl groups is 4. The van der Waals surface area contributed by atoms with Crippen LogP contribution in [-0.2, 0) is 4.74 Å². The van der Waals surface area contributed by atoms with Crippen molar-refractivity contribution in [1.82, 2.24) is 0 Å². The Morgan fingerprint density at radius 1 is 1.38 bits per heavy atom. The molecule has 1 aliphatic carbocycles. The molecule has 0 amide bonds. The van der Waals surface area contributed by atoms with E-state index in [1.54, 1.807) is 0 Å². The van der Waals surface area contributed by atoms with Gasteiger partial charge in [-0.3, -0.25) is 0 Å². The maximum Gasteiger partial charge on any atom is 0.121 e. The molecule has 0 radical (unpaired) electrons. The van der Waals surface area contributed by atoms with Crippen molar-refractivity contribution in [2.75, 3.05) is 13.2 Å². The summed E-state index contributed by atoms with van der Waals surface area (Å²) >= 11 is 0. The Morgan fingerprint density at radius 2 is 2.08 bits per heavy atom. The third-order valence-electron chi connectivity index (χ3n) is 3.10. The molecule has 0 unspecified atom stereocenters. The van der Waals surface area contributed by atoms with Gasteiger partial charge in [-0.05, 0) is 6.42 Å². The van der Waals surface area contributed by atoms with Gasteiger partial charge in [0.05, 0.1) is 12.7 Å². The predicted molar refractivity (Wildman–Crippen MR) is 41.9 cm³/mol. The molecule has 0 aromatic heterocycles. The number of hydrogen-bond acceptors (Lipinski definition) is 5. The Bertz CT molecular complexity index is 209. The molecule has 2 fully saturated rings. The molecule has 1 heterocycles. The number of aliphatic hydroxyl groups excluding tert-OH is 3. The van der Waals surface area contributed by atoms with E-state index in [1.165, 1.54) is 0 Å². The Labute approximate surface area is 75.6 Å². The highest BCUT2D eigenvalue weighted by atomic mass is 16.6. The van der Waals surface area contributed by atoms with E-state index in [0.717, 1.165) is 0 Å². The number of ether oxygens (including phenoxy) is 1. The van der Waals surface area contributed by atoms with Gasteiger partial charge in [-0.15, -0.1) is 0 Å². The maximum atomic E-state index is 9.92. The zero-order valence-electron chi connectivity index (χ0n) is 7.13. The van der Waals surface area contributed by atoms with Crippen molar-refractivity contribution in [3.05, 3.63) is 0 Å². The molecule has 5 atom stereocenters. The average molecular weight is 190 g/mol. The summed E-state index contributed by atoms with van der Waals surface area (Å²) < 4.78 is 5.06. The minimum atomic E-state index is -1.38. The zero-order chi connectivity index (χ0) is 9.64. The molecule has 1 saturated carbocycles. The fourth-order valence-electron chi connectivity index (χ4n) is 2.13. The van der Waals surface area contributed by atoms with E-state index < -0.39 is 30.3 Å². The molecule has 4 N–H and O–H groups in total. The van der Waals surface area contributed by atoms with Crippen LogP contribution in [0.25, 0.3) is 0 Å². The number of epoxide rings is 1. The van der Waals surface area contributed by atoms with Crippen LogP contribution < -0.4 is 0 Å². The molecule has 1 aliphatic heterocycles. The first-order chi connectivity index (χ1) is 6.13. The van der Waals surface area contributed by atoms with E-state index in [4.69, 9.17) is 14.9 Å². The molecule has 2 aliphatic rings. The molecule has 13 heavy (non-hydrogen) atoms. The minimum Gasteiger partial charge on any atom is -0.396 e. The van der Waals surface area contributed by atoms with Crippen LogP contribution in [-0.4, -0.2) is 57.6 Å². The molecular formula is C8H14O5. The van der Waals surface area contributed by atoms with Crippen molar-refractivity contribution in [2.45, 2.75) is 30.3 Å². The van der Waals surface area contributed by atoms with Crippen molar-refractivity contribution in [3.8, 4) is 0 Å². The Kier molecular flexibility index (Phi) is 2.08. The first-order valence-electron chi connectivity index (χ1n) is 4.41. The fourth-order valence-corrected chi connectivity index (χ4v) is 2.13. The third kappa shape index (κ3) is 1.19. The lowest BCUT2D eigenvalue weighted by Crippen LogP contribution is -2.54. The van der Waals surface area contributed by atoms with Gasteiger partial charge in [-0.1, -0.05) is 0 Å². The standard InChI is InChI=1S/C8H14O5/c9-2-4-1-5(11)6-7(13-6)8(4,12)3-10/h4-7,9-12H,1-3H2/t4-,5+,6+,7+,8-/m0/s1. The van der Waals surface area contributed by atoms with E-state index in [1.807, 2.05) is 0 Å². The van der Waals surface area contributed by atoms with Crippen LogP contribution in [0.15, 0.2) is 0 Å². The Hall–Kier alpha value is -0.200. The average Bonchev–Trinajstić information content (AvgIpc) is 2.91. The topological polar surface area (TPSA) is 93.5 Å². The highest BCUT2D eigenvalue weighted by Crippen LogP contribution is 2.46. The summed E-state index contributed by atoms with van der Waals surface area (Å²) in [6, 6.07) is 0. The van der Waals surface area contributed by atoms with Gasteiger partial charge < -0.3 is 25.2 Å². The largest absolute Gasteiger partial charge is 0.396 e. The van der Waals surface area contributed by atoms with Gasteiger partial charge in [0.2, 0.25) is 0 Å². The van der Waals surface area contributed by atoms with E-state index in [-0.39, 0.29) is 19.1 Å². The summed E-state index contributed by atoms with van der Waals surface area (Å²) in [4.78, 5) is 0. The molecule has 2 rings (SSSR count). The lowest BCUT2D eigenvalue weighted by molar-refractivity contribution is -0.112. The van der Waals surface area contributed by atoms with Crippen molar-refractivity contribution in [2.24, 2.45) is 5.92 Å². The van der Waals surface area contributed by atoms with Crippen LogP contribution >= 0.6 is 0 Å². The molecule has 0 aromatic carbocycles. The van der Waals surface area contributed by atoms with Gasteiger partial charge in [0.25, 0.3) is 0 Å². The second-order valence-electron chi connectivity index (χ2n) is 3.85. The molecule has 76 valence electrons. The number of rotatable bonds is 2. The van der Waals surface area contributed by atoms with Crippen LogP contribution in [0.5, 0.6) is 0 Å². The summed E-state index contributed by atoms with van der Waals surface area (Å²) in [6.07, 6.45) is -1.23. The molecule has 5 nitrogen and oxygen atoms in total. The summed E-state index contributed by atoms with van der Waals surface area (Å²) in [7, 11) is 0. The van der Waals surface area contributed by atoms with E-state index >= 15 is 0 Å². The minimum absolute atomic E-state index is 0.249. The van der Waals surface area contributed by atoms with Crippen LogP contribution in [0.4, 0.5) is 0 Å². The summed E-state index contributed by atoms with van der Waals surface area (Å²) in [5, 5.41) is 37.3.